The molecule has 1 fully saturated rings. The van der Waals surface area contributed by atoms with E-state index in [1.807, 2.05) is 12.1 Å². The summed E-state index contributed by atoms with van der Waals surface area (Å²) in [6, 6.07) is 6.04. The van der Waals surface area contributed by atoms with Gasteiger partial charge in [-0.1, -0.05) is 12.1 Å². The van der Waals surface area contributed by atoms with Gasteiger partial charge in [0.25, 0.3) is 0 Å². The first-order chi connectivity index (χ1) is 12.8. The van der Waals surface area contributed by atoms with Crippen molar-refractivity contribution in [2.24, 2.45) is 0 Å². The lowest BCUT2D eigenvalue weighted by atomic mass is 10.1. The summed E-state index contributed by atoms with van der Waals surface area (Å²) < 4.78 is 19.1. The minimum absolute atomic E-state index is 0.112. The first-order valence-electron chi connectivity index (χ1n) is 9.26. The molecule has 1 atom stereocenters. The van der Waals surface area contributed by atoms with Crippen LogP contribution in [0.2, 0.25) is 0 Å². The Morgan fingerprint density at radius 1 is 1.15 bits per heavy atom. The Morgan fingerprint density at radius 3 is 2.85 bits per heavy atom. The molecule has 0 aliphatic carbocycles. The summed E-state index contributed by atoms with van der Waals surface area (Å²) in [7, 11) is 3.37. The monoisotopic (exact) mass is 358 g/mol. The first-order valence-corrected chi connectivity index (χ1v) is 9.26. The number of para-hydroxylation sites is 1. The maximum absolute atomic E-state index is 5.82. The van der Waals surface area contributed by atoms with Gasteiger partial charge in [-0.3, -0.25) is 4.90 Å². The molecule has 7 nitrogen and oxygen atoms in total. The third-order valence-corrected chi connectivity index (χ3v) is 5.24. The minimum atomic E-state index is 0.112. The molecular formula is C19H26N4O3. The summed E-state index contributed by atoms with van der Waals surface area (Å²) in [5.41, 5.74) is 1.14. The van der Waals surface area contributed by atoms with Crippen molar-refractivity contribution in [1.82, 2.24) is 19.7 Å². The molecule has 1 aromatic heterocycles. The van der Waals surface area contributed by atoms with E-state index in [1.165, 1.54) is 0 Å². The van der Waals surface area contributed by atoms with E-state index in [1.54, 1.807) is 14.2 Å². The molecule has 1 aromatic carbocycles. The molecule has 1 saturated heterocycles. The van der Waals surface area contributed by atoms with Crippen LogP contribution >= 0.6 is 0 Å². The van der Waals surface area contributed by atoms with Crippen molar-refractivity contribution in [2.75, 3.05) is 33.9 Å². The lowest BCUT2D eigenvalue weighted by Gasteiger charge is -2.22. The second-order valence-corrected chi connectivity index (χ2v) is 6.81. The highest BCUT2D eigenvalue weighted by Crippen LogP contribution is 2.32. The number of benzene rings is 1. The maximum atomic E-state index is 5.82. The van der Waals surface area contributed by atoms with Crippen molar-refractivity contribution in [1.29, 1.82) is 0 Å². The zero-order valence-corrected chi connectivity index (χ0v) is 15.5. The topological polar surface area (TPSA) is 61.6 Å². The predicted octanol–water partition coefficient (Wildman–Crippen LogP) is 2.21. The van der Waals surface area contributed by atoms with Crippen molar-refractivity contribution in [3.05, 3.63) is 35.4 Å². The number of methoxy groups -OCH3 is 2. The summed E-state index contributed by atoms with van der Waals surface area (Å²) in [5, 5.41) is 8.84. The summed E-state index contributed by atoms with van der Waals surface area (Å²) in [4.78, 5) is 2.44. The lowest BCUT2D eigenvalue weighted by molar-refractivity contribution is 0.101. The van der Waals surface area contributed by atoms with Gasteiger partial charge >= 0.3 is 0 Å². The van der Waals surface area contributed by atoms with E-state index in [0.717, 1.165) is 80.8 Å². The van der Waals surface area contributed by atoms with Crippen LogP contribution in [0, 0.1) is 0 Å². The van der Waals surface area contributed by atoms with Crippen molar-refractivity contribution in [2.45, 2.75) is 38.5 Å². The Labute approximate surface area is 153 Å². The molecule has 7 heteroatoms. The van der Waals surface area contributed by atoms with Crippen LogP contribution in [0.3, 0.4) is 0 Å². The summed E-state index contributed by atoms with van der Waals surface area (Å²) in [5.74, 6) is 3.66. The Hall–Kier alpha value is -2.12. The van der Waals surface area contributed by atoms with Gasteiger partial charge in [0.1, 0.15) is 11.9 Å². The molecule has 2 aliphatic rings. The summed E-state index contributed by atoms with van der Waals surface area (Å²) >= 11 is 0. The van der Waals surface area contributed by atoms with Crippen molar-refractivity contribution >= 4 is 0 Å². The Kier molecular flexibility index (Phi) is 5.08. The van der Waals surface area contributed by atoms with E-state index >= 15 is 0 Å². The second kappa shape index (κ2) is 7.63. The summed E-state index contributed by atoms with van der Waals surface area (Å²) in [6.45, 7) is 4.45. The number of nitrogens with zero attached hydrogens (tertiary/aromatic N) is 4. The van der Waals surface area contributed by atoms with E-state index < -0.39 is 0 Å². The molecule has 0 amide bonds. The normalized spacial score (nSPS) is 20.6. The molecule has 3 heterocycles. The van der Waals surface area contributed by atoms with Gasteiger partial charge in [-0.2, -0.15) is 0 Å². The van der Waals surface area contributed by atoms with Gasteiger partial charge in [-0.15, -0.1) is 10.2 Å². The molecule has 1 unspecified atom stereocenters. The Balaban J connectivity index is 1.48. The van der Waals surface area contributed by atoms with Gasteiger partial charge in [-0.25, -0.2) is 0 Å². The Bertz CT molecular complexity index is 755. The highest BCUT2D eigenvalue weighted by molar-refractivity contribution is 5.46. The average Bonchev–Trinajstić information content (AvgIpc) is 3.29. The molecule has 0 N–H and O–H groups in total. The molecule has 2 aromatic rings. The molecule has 4 rings (SSSR count). The maximum Gasteiger partial charge on any atom is 0.165 e. The standard InChI is InChI=1S/C19H26N4O3/c1-24-15-6-3-5-14(18(15)25-2)13-22-9-8-17-20-21-19(23(17)11-10-22)16-7-4-12-26-16/h3,5-6,16H,4,7-13H2,1-2H3. The molecule has 2 aliphatic heterocycles. The van der Waals surface area contributed by atoms with E-state index in [-0.39, 0.29) is 6.10 Å². The molecule has 0 radical (unpaired) electrons. The minimum Gasteiger partial charge on any atom is -0.493 e. The fraction of sp³-hybridized carbons (Fsp3) is 0.579. The van der Waals surface area contributed by atoms with Crippen molar-refractivity contribution in [3.63, 3.8) is 0 Å². The zero-order valence-electron chi connectivity index (χ0n) is 15.5. The van der Waals surface area contributed by atoms with Gasteiger partial charge in [0.05, 0.1) is 14.2 Å². The van der Waals surface area contributed by atoms with Crippen LogP contribution in [-0.4, -0.2) is 53.6 Å². The molecule has 26 heavy (non-hydrogen) atoms. The lowest BCUT2D eigenvalue weighted by Crippen LogP contribution is -2.27. The quantitative estimate of drug-likeness (QED) is 0.817. The number of hydrogen-bond donors (Lipinski definition) is 0. The van der Waals surface area contributed by atoms with Gasteiger partial charge in [0.15, 0.2) is 17.3 Å². The number of aromatic nitrogens is 3. The van der Waals surface area contributed by atoms with E-state index in [2.05, 4.69) is 25.7 Å². The largest absolute Gasteiger partial charge is 0.493 e. The van der Waals surface area contributed by atoms with Crippen molar-refractivity contribution < 1.29 is 14.2 Å². The highest BCUT2D eigenvalue weighted by atomic mass is 16.5. The predicted molar refractivity (Wildman–Crippen MR) is 96.5 cm³/mol. The molecular weight excluding hydrogens is 332 g/mol. The zero-order chi connectivity index (χ0) is 17.9. The fourth-order valence-electron chi connectivity index (χ4n) is 3.89. The Morgan fingerprint density at radius 2 is 2.08 bits per heavy atom. The molecule has 0 bridgehead atoms. The van der Waals surface area contributed by atoms with Crippen LogP contribution in [0.4, 0.5) is 0 Å². The molecule has 0 spiro atoms. The fourth-order valence-corrected chi connectivity index (χ4v) is 3.89. The van der Waals surface area contributed by atoms with Crippen LogP contribution in [0.25, 0.3) is 0 Å². The SMILES string of the molecule is COc1cccc(CN2CCc3nnc(C4CCCO4)n3CC2)c1OC. The summed E-state index contributed by atoms with van der Waals surface area (Å²) in [6.07, 6.45) is 3.16. The molecule has 0 saturated carbocycles. The average molecular weight is 358 g/mol. The molecule has 140 valence electrons. The van der Waals surface area contributed by atoms with Crippen LogP contribution in [0.1, 0.15) is 36.2 Å². The van der Waals surface area contributed by atoms with Gasteiger partial charge in [0, 0.05) is 44.8 Å². The van der Waals surface area contributed by atoms with E-state index in [9.17, 15) is 0 Å². The number of ether oxygens (including phenoxy) is 3. The van der Waals surface area contributed by atoms with Gasteiger partial charge < -0.3 is 18.8 Å². The number of hydrogen-bond acceptors (Lipinski definition) is 6. The van der Waals surface area contributed by atoms with Crippen LogP contribution in [-0.2, 0) is 24.2 Å². The highest BCUT2D eigenvalue weighted by Gasteiger charge is 2.27. The number of rotatable bonds is 5. The third-order valence-electron chi connectivity index (χ3n) is 5.24. The van der Waals surface area contributed by atoms with Crippen LogP contribution in [0.15, 0.2) is 18.2 Å². The van der Waals surface area contributed by atoms with Crippen molar-refractivity contribution in [3.8, 4) is 11.5 Å². The van der Waals surface area contributed by atoms with E-state index in [4.69, 9.17) is 14.2 Å². The van der Waals surface area contributed by atoms with Gasteiger partial charge in [0.2, 0.25) is 0 Å². The number of fused-ring (bicyclic) bond motifs is 1. The third kappa shape index (κ3) is 3.29. The van der Waals surface area contributed by atoms with Gasteiger partial charge in [-0.05, 0) is 18.9 Å². The van der Waals surface area contributed by atoms with Crippen LogP contribution < -0.4 is 9.47 Å². The van der Waals surface area contributed by atoms with E-state index in [0.29, 0.717) is 0 Å². The smallest absolute Gasteiger partial charge is 0.165 e. The van der Waals surface area contributed by atoms with Crippen LogP contribution in [0.5, 0.6) is 11.5 Å². The second-order valence-electron chi connectivity index (χ2n) is 6.81. The first kappa shape index (κ1) is 17.3.